The van der Waals surface area contributed by atoms with Crippen molar-refractivity contribution >= 4 is 27.7 Å². The number of carbonyl (C=O) groups is 1. The molecule has 0 spiro atoms. The van der Waals surface area contributed by atoms with Crippen molar-refractivity contribution in [2.45, 2.75) is 37.8 Å². The van der Waals surface area contributed by atoms with Crippen molar-refractivity contribution in [2.75, 3.05) is 13.1 Å². The molecule has 0 radical (unpaired) electrons. The first-order valence-electron chi connectivity index (χ1n) is 10.9. The van der Waals surface area contributed by atoms with Crippen molar-refractivity contribution in [3.05, 3.63) is 65.5 Å². The number of hydrogen-bond donors (Lipinski definition) is 1. The van der Waals surface area contributed by atoms with Gasteiger partial charge in [-0.1, -0.05) is 29.3 Å². The number of carbonyl (C=O) groups excluding carboxylic acids is 1. The number of aryl methyl sites for hydroxylation is 2. The average Bonchev–Trinajstić information content (AvgIpc) is 3.26. The second-order valence-corrected chi connectivity index (χ2v) is 10.4. The highest BCUT2D eigenvalue weighted by molar-refractivity contribution is 7.89. The summed E-state index contributed by atoms with van der Waals surface area (Å²) in [5.74, 6) is -0.186. The Kier molecular flexibility index (Phi) is 6.63. The summed E-state index contributed by atoms with van der Waals surface area (Å²) in [4.78, 5) is 16.6. The molecule has 1 aliphatic rings. The number of aromatic nitrogens is 3. The molecule has 1 aromatic heterocycles. The van der Waals surface area contributed by atoms with E-state index >= 15 is 0 Å². The number of nitrogens with two attached hydrogens (primary N) is 1. The van der Waals surface area contributed by atoms with Crippen molar-refractivity contribution in [3.8, 4) is 11.4 Å². The van der Waals surface area contributed by atoms with Crippen molar-refractivity contribution in [2.24, 2.45) is 5.73 Å². The van der Waals surface area contributed by atoms with Crippen LogP contribution in [0.5, 0.6) is 0 Å². The lowest BCUT2D eigenvalue weighted by Crippen LogP contribution is -2.38. The standard InChI is InChI=1S/C24H26FN5O3S/c1-16-11-17(2)13-19(12-16)24-27-15-29(28-24)14-22(23(26)31)18-3-5-21(6-4-18)34(32,33)30-9-7-20(25)8-10-30/h3-6,11-15,20H,7-10H2,1-2H3,(H2,26,31)/b22-14+. The molecule has 4 rings (SSSR count). The number of amides is 1. The Balaban J connectivity index is 1.60. The molecule has 1 saturated heterocycles. The Labute approximate surface area is 198 Å². The lowest BCUT2D eigenvalue weighted by molar-refractivity contribution is -0.112. The van der Waals surface area contributed by atoms with Crippen LogP contribution in [0, 0.1) is 13.8 Å². The van der Waals surface area contributed by atoms with E-state index in [2.05, 4.69) is 16.1 Å². The lowest BCUT2D eigenvalue weighted by atomic mass is 10.1. The van der Waals surface area contributed by atoms with E-state index in [0.717, 1.165) is 16.7 Å². The van der Waals surface area contributed by atoms with E-state index in [-0.39, 0.29) is 36.4 Å². The van der Waals surface area contributed by atoms with E-state index < -0.39 is 22.1 Å². The molecule has 0 atom stereocenters. The van der Waals surface area contributed by atoms with Gasteiger partial charge in [-0.2, -0.15) is 4.31 Å². The first-order valence-corrected chi connectivity index (χ1v) is 12.3. The van der Waals surface area contributed by atoms with Gasteiger partial charge in [0, 0.05) is 24.9 Å². The van der Waals surface area contributed by atoms with Gasteiger partial charge in [0.15, 0.2) is 5.82 Å². The van der Waals surface area contributed by atoms with Gasteiger partial charge in [0.25, 0.3) is 5.91 Å². The molecule has 1 fully saturated rings. The van der Waals surface area contributed by atoms with E-state index in [1.165, 1.54) is 45.8 Å². The average molecular weight is 484 g/mol. The summed E-state index contributed by atoms with van der Waals surface area (Å²) in [5.41, 5.74) is 9.22. The summed E-state index contributed by atoms with van der Waals surface area (Å²) in [5, 5.41) is 4.42. The Hall–Kier alpha value is -3.37. The van der Waals surface area contributed by atoms with Gasteiger partial charge in [0.05, 0.1) is 10.5 Å². The highest BCUT2D eigenvalue weighted by Crippen LogP contribution is 2.25. The van der Waals surface area contributed by atoms with E-state index in [1.54, 1.807) is 0 Å². The fraction of sp³-hybridized carbons (Fsp3) is 0.292. The fourth-order valence-electron chi connectivity index (χ4n) is 4.01. The first-order chi connectivity index (χ1) is 16.1. The number of nitrogens with zero attached hydrogens (tertiary/aromatic N) is 4. The number of halogens is 1. The molecular formula is C24H26FN5O3S. The SMILES string of the molecule is Cc1cc(C)cc(-c2ncn(/C=C(/C(N)=O)c3ccc(S(=O)(=O)N4CCC(F)CC4)cc3)n2)c1. The summed E-state index contributed by atoms with van der Waals surface area (Å²) < 4.78 is 41.8. The zero-order valence-corrected chi connectivity index (χ0v) is 19.8. The zero-order valence-electron chi connectivity index (χ0n) is 19.0. The van der Waals surface area contributed by atoms with Gasteiger partial charge in [0.2, 0.25) is 10.0 Å². The molecule has 0 aliphatic carbocycles. The quantitative estimate of drug-likeness (QED) is 0.542. The van der Waals surface area contributed by atoms with Crippen LogP contribution < -0.4 is 5.73 Å². The van der Waals surface area contributed by atoms with Gasteiger partial charge in [-0.05, 0) is 56.5 Å². The van der Waals surface area contributed by atoms with E-state index in [0.29, 0.717) is 11.4 Å². The van der Waals surface area contributed by atoms with Crippen LogP contribution >= 0.6 is 0 Å². The number of primary amides is 1. The van der Waals surface area contributed by atoms with Gasteiger partial charge >= 0.3 is 0 Å². The molecule has 2 aromatic carbocycles. The zero-order chi connectivity index (χ0) is 24.5. The molecule has 1 aliphatic heterocycles. The third-order valence-corrected chi connectivity index (χ3v) is 7.61. The minimum atomic E-state index is -3.74. The van der Waals surface area contributed by atoms with Crippen molar-refractivity contribution in [1.82, 2.24) is 19.1 Å². The molecule has 178 valence electrons. The monoisotopic (exact) mass is 483 g/mol. The molecule has 10 heteroatoms. The van der Waals surface area contributed by atoms with Crippen LogP contribution in [0.1, 0.15) is 29.5 Å². The summed E-state index contributed by atoms with van der Waals surface area (Å²) in [7, 11) is -3.74. The maximum Gasteiger partial charge on any atom is 0.250 e. The van der Waals surface area contributed by atoms with Crippen LogP contribution in [0.2, 0.25) is 0 Å². The molecule has 3 aromatic rings. The minimum Gasteiger partial charge on any atom is -0.366 e. The molecule has 8 nitrogen and oxygen atoms in total. The smallest absolute Gasteiger partial charge is 0.250 e. The molecule has 2 heterocycles. The molecule has 34 heavy (non-hydrogen) atoms. The first kappa shape index (κ1) is 23.8. The number of sulfonamides is 1. The Bertz CT molecular complexity index is 1320. The lowest BCUT2D eigenvalue weighted by Gasteiger charge is -2.27. The van der Waals surface area contributed by atoms with Crippen LogP contribution in [0.4, 0.5) is 4.39 Å². The molecule has 2 N–H and O–H groups in total. The van der Waals surface area contributed by atoms with Crippen molar-refractivity contribution < 1.29 is 17.6 Å². The molecule has 1 amide bonds. The van der Waals surface area contributed by atoms with Crippen LogP contribution in [0.15, 0.2) is 53.7 Å². The van der Waals surface area contributed by atoms with Gasteiger partial charge in [-0.15, -0.1) is 5.10 Å². The topological polar surface area (TPSA) is 111 Å². The van der Waals surface area contributed by atoms with Crippen LogP contribution in [0.25, 0.3) is 23.2 Å². The van der Waals surface area contributed by atoms with Crippen molar-refractivity contribution in [1.29, 1.82) is 0 Å². The van der Waals surface area contributed by atoms with Crippen LogP contribution in [-0.4, -0.2) is 52.7 Å². The van der Waals surface area contributed by atoms with Gasteiger partial charge in [-0.3, -0.25) is 4.79 Å². The molecule has 0 unspecified atom stereocenters. The summed E-state index contributed by atoms with van der Waals surface area (Å²) in [6, 6.07) is 11.9. The maximum atomic E-state index is 13.4. The minimum absolute atomic E-state index is 0.0789. The largest absolute Gasteiger partial charge is 0.366 e. The number of alkyl halides is 1. The van der Waals surface area contributed by atoms with Gasteiger partial charge in [-0.25, -0.2) is 22.5 Å². The third-order valence-electron chi connectivity index (χ3n) is 5.70. The third kappa shape index (κ3) is 5.07. The predicted octanol–water partition coefficient (Wildman–Crippen LogP) is 3.17. The second-order valence-electron chi connectivity index (χ2n) is 8.43. The van der Waals surface area contributed by atoms with Crippen LogP contribution in [0.3, 0.4) is 0 Å². The predicted molar refractivity (Wildman–Crippen MR) is 128 cm³/mol. The highest BCUT2D eigenvalue weighted by atomic mass is 32.2. The molecule has 0 bridgehead atoms. The number of rotatable bonds is 6. The Morgan fingerprint density at radius 3 is 2.29 bits per heavy atom. The summed E-state index contributed by atoms with van der Waals surface area (Å²) >= 11 is 0. The van der Waals surface area contributed by atoms with Crippen molar-refractivity contribution in [3.63, 3.8) is 0 Å². The van der Waals surface area contributed by atoms with Gasteiger partial charge < -0.3 is 5.73 Å². The van der Waals surface area contributed by atoms with Gasteiger partial charge in [0.1, 0.15) is 12.5 Å². The van der Waals surface area contributed by atoms with Crippen LogP contribution in [-0.2, 0) is 14.8 Å². The Morgan fingerprint density at radius 1 is 1.09 bits per heavy atom. The molecule has 0 saturated carbocycles. The van der Waals surface area contributed by atoms with E-state index in [4.69, 9.17) is 5.73 Å². The van der Waals surface area contributed by atoms with E-state index in [9.17, 15) is 17.6 Å². The number of hydrogen-bond acceptors (Lipinski definition) is 5. The second kappa shape index (κ2) is 9.47. The number of piperidine rings is 1. The highest BCUT2D eigenvalue weighted by Gasteiger charge is 2.29. The van der Waals surface area contributed by atoms with E-state index in [1.807, 2.05) is 26.0 Å². The summed E-state index contributed by atoms with van der Waals surface area (Å²) in [6.07, 6.45) is 2.34. The normalized spacial score (nSPS) is 16.0. The summed E-state index contributed by atoms with van der Waals surface area (Å²) in [6.45, 7) is 4.27. The Morgan fingerprint density at radius 2 is 1.71 bits per heavy atom. The number of benzene rings is 2. The maximum absolute atomic E-state index is 13.4. The fourth-order valence-corrected chi connectivity index (χ4v) is 5.48. The molecular weight excluding hydrogens is 457 g/mol.